The van der Waals surface area contributed by atoms with Gasteiger partial charge in [0.15, 0.2) is 6.10 Å². The van der Waals surface area contributed by atoms with Crippen LogP contribution < -0.4 is 10.6 Å². The summed E-state index contributed by atoms with van der Waals surface area (Å²) in [6.45, 7) is 9.91. The van der Waals surface area contributed by atoms with Crippen molar-refractivity contribution in [3.05, 3.63) is 0 Å². The largest absolute Gasteiger partial charge is 0.457 e. The van der Waals surface area contributed by atoms with E-state index in [0.29, 0.717) is 31.7 Å². The number of esters is 1. The summed E-state index contributed by atoms with van der Waals surface area (Å²) < 4.78 is 12.0. The summed E-state index contributed by atoms with van der Waals surface area (Å²) in [5.74, 6) is 0.328. The molecule has 8 atom stereocenters. The summed E-state index contributed by atoms with van der Waals surface area (Å²) in [5, 5.41) is 28.4. The van der Waals surface area contributed by atoms with Crippen molar-refractivity contribution in [2.45, 2.75) is 206 Å². The van der Waals surface area contributed by atoms with Crippen LogP contribution in [-0.4, -0.2) is 71.7 Å². The molecule has 0 aliphatic carbocycles. The van der Waals surface area contributed by atoms with E-state index in [-0.39, 0.29) is 23.8 Å². The highest BCUT2D eigenvalue weighted by atomic mass is 16.6. The number of hydrogen-bond donors (Lipinski definition) is 4. The maximum Gasteiger partial charge on any atom is 0.306 e. The predicted molar refractivity (Wildman–Crippen MR) is 187 cm³/mol. The zero-order chi connectivity index (χ0) is 33.6. The molecular weight excluding hydrogens is 580 g/mol. The maximum absolute atomic E-state index is 12.8. The number of aliphatic hydroxyl groups excluding tert-OH is 2. The number of amides is 1. The Hall–Kier alpha value is -1.22. The molecule has 0 aromatic heterocycles. The van der Waals surface area contributed by atoms with Crippen LogP contribution in [0.2, 0.25) is 0 Å². The fourth-order valence-electron chi connectivity index (χ4n) is 7.16. The van der Waals surface area contributed by atoms with Crippen LogP contribution in [-0.2, 0) is 19.1 Å². The minimum Gasteiger partial charge on any atom is -0.457 e. The van der Waals surface area contributed by atoms with Gasteiger partial charge in [0.2, 0.25) is 5.91 Å². The summed E-state index contributed by atoms with van der Waals surface area (Å²) >= 11 is 0. The number of hydrogen-bond acceptors (Lipinski definition) is 7. The van der Waals surface area contributed by atoms with Gasteiger partial charge in [-0.1, -0.05) is 130 Å². The average molecular weight is 653 g/mol. The lowest BCUT2D eigenvalue weighted by atomic mass is 9.88. The van der Waals surface area contributed by atoms with E-state index in [1.807, 2.05) is 13.8 Å². The SMILES string of the molecule is CCCCCCCCCCCCCCCC(=O)OC1C(CCC)OC(CC(C)CNC(=O)C2CC(CCCCC)CN2)C(O)C1O. The molecule has 2 aliphatic heterocycles. The molecule has 8 nitrogen and oxygen atoms in total. The third-order valence-corrected chi connectivity index (χ3v) is 10.1. The summed E-state index contributed by atoms with van der Waals surface area (Å²) in [4.78, 5) is 25.5. The number of aliphatic hydroxyl groups is 2. The van der Waals surface area contributed by atoms with Gasteiger partial charge < -0.3 is 30.3 Å². The molecule has 0 aromatic carbocycles. The molecule has 0 aromatic rings. The van der Waals surface area contributed by atoms with Crippen LogP contribution >= 0.6 is 0 Å². The van der Waals surface area contributed by atoms with Crippen molar-refractivity contribution in [2.24, 2.45) is 11.8 Å². The van der Waals surface area contributed by atoms with Gasteiger partial charge in [-0.3, -0.25) is 9.59 Å². The fourth-order valence-corrected chi connectivity index (χ4v) is 7.16. The lowest BCUT2D eigenvalue weighted by Gasteiger charge is -2.43. The molecule has 0 spiro atoms. The minimum atomic E-state index is -1.19. The molecule has 8 unspecified atom stereocenters. The normalized spacial score (nSPS) is 27.0. The van der Waals surface area contributed by atoms with Crippen LogP contribution in [0.5, 0.6) is 0 Å². The molecule has 0 bridgehead atoms. The number of ether oxygens (including phenoxy) is 2. The van der Waals surface area contributed by atoms with Crippen molar-refractivity contribution in [3.63, 3.8) is 0 Å². The van der Waals surface area contributed by atoms with Gasteiger partial charge in [-0.2, -0.15) is 0 Å². The molecule has 0 radical (unpaired) electrons. The molecule has 8 heteroatoms. The Kier molecular flexibility index (Phi) is 22.1. The van der Waals surface area contributed by atoms with Crippen molar-refractivity contribution >= 4 is 11.9 Å². The predicted octanol–water partition coefficient (Wildman–Crippen LogP) is 7.37. The topological polar surface area (TPSA) is 117 Å². The van der Waals surface area contributed by atoms with E-state index in [1.165, 1.54) is 89.9 Å². The molecule has 1 amide bonds. The Balaban J connectivity index is 1.65. The second-order valence-corrected chi connectivity index (χ2v) is 14.6. The van der Waals surface area contributed by atoms with Gasteiger partial charge in [0.1, 0.15) is 12.2 Å². The molecule has 2 fully saturated rings. The lowest BCUT2D eigenvalue weighted by molar-refractivity contribution is -0.237. The van der Waals surface area contributed by atoms with Crippen LogP contribution in [0.4, 0.5) is 0 Å². The molecule has 0 saturated carbocycles. The third kappa shape index (κ3) is 16.3. The molecule has 4 N–H and O–H groups in total. The number of unbranched alkanes of at least 4 members (excludes halogenated alkanes) is 14. The highest BCUT2D eigenvalue weighted by Crippen LogP contribution is 2.30. The van der Waals surface area contributed by atoms with Gasteiger partial charge in [-0.25, -0.2) is 0 Å². The maximum atomic E-state index is 12.8. The average Bonchev–Trinajstić information content (AvgIpc) is 3.52. The molecule has 2 aliphatic rings. The van der Waals surface area contributed by atoms with Crippen molar-refractivity contribution < 1.29 is 29.3 Å². The molecule has 270 valence electrons. The Morgan fingerprint density at radius 3 is 1.98 bits per heavy atom. The molecular formula is C38H72N2O6. The Morgan fingerprint density at radius 1 is 0.783 bits per heavy atom. The Bertz CT molecular complexity index is 797. The van der Waals surface area contributed by atoms with E-state index in [1.54, 1.807) is 0 Å². The van der Waals surface area contributed by atoms with Crippen molar-refractivity contribution in [1.29, 1.82) is 0 Å². The van der Waals surface area contributed by atoms with E-state index in [2.05, 4.69) is 24.5 Å². The van der Waals surface area contributed by atoms with Crippen molar-refractivity contribution in [1.82, 2.24) is 10.6 Å². The number of rotatable bonds is 26. The highest BCUT2D eigenvalue weighted by molar-refractivity contribution is 5.82. The quantitative estimate of drug-likeness (QED) is 0.0569. The summed E-state index contributed by atoms with van der Waals surface area (Å²) in [6.07, 6.45) is 20.0. The monoisotopic (exact) mass is 653 g/mol. The Morgan fingerprint density at radius 2 is 1.37 bits per heavy atom. The lowest BCUT2D eigenvalue weighted by Crippen LogP contribution is -2.59. The van der Waals surface area contributed by atoms with Gasteiger partial charge in [0, 0.05) is 13.0 Å². The first-order chi connectivity index (χ1) is 22.3. The third-order valence-electron chi connectivity index (χ3n) is 10.1. The van der Waals surface area contributed by atoms with E-state index in [0.717, 1.165) is 38.6 Å². The zero-order valence-electron chi connectivity index (χ0n) is 30.1. The van der Waals surface area contributed by atoms with Gasteiger partial charge in [0.05, 0.1) is 18.2 Å². The summed E-state index contributed by atoms with van der Waals surface area (Å²) in [5.41, 5.74) is 0. The molecule has 2 heterocycles. The van der Waals surface area contributed by atoms with Gasteiger partial charge in [0.25, 0.3) is 0 Å². The highest BCUT2D eigenvalue weighted by Gasteiger charge is 2.46. The minimum absolute atomic E-state index is 0.0364. The fraction of sp³-hybridized carbons (Fsp3) is 0.947. The van der Waals surface area contributed by atoms with Crippen molar-refractivity contribution in [3.8, 4) is 0 Å². The van der Waals surface area contributed by atoms with E-state index >= 15 is 0 Å². The zero-order valence-corrected chi connectivity index (χ0v) is 30.1. The van der Waals surface area contributed by atoms with Crippen LogP contribution in [0, 0.1) is 11.8 Å². The van der Waals surface area contributed by atoms with Gasteiger partial charge >= 0.3 is 5.97 Å². The smallest absolute Gasteiger partial charge is 0.306 e. The van der Waals surface area contributed by atoms with E-state index in [9.17, 15) is 19.8 Å². The molecule has 2 saturated heterocycles. The standard InChI is InChI=1S/C38H72N2O6/c1-5-8-10-11-12-13-14-15-16-17-18-19-21-24-34(41)46-37-32(22-7-3)45-33(35(42)36(37)43)25-29(4)27-40-38(44)31-26-30(28-39-31)23-20-9-6-2/h29-33,35-37,39,42-43H,5-28H2,1-4H3,(H,40,44). The number of carbonyl (C=O) groups excluding carboxylic acids is 2. The summed E-state index contributed by atoms with van der Waals surface area (Å²) in [7, 11) is 0. The van der Waals surface area contributed by atoms with Crippen LogP contribution in [0.1, 0.15) is 169 Å². The number of carbonyl (C=O) groups is 2. The first-order valence-corrected chi connectivity index (χ1v) is 19.5. The van der Waals surface area contributed by atoms with Gasteiger partial charge in [-0.05, 0) is 50.5 Å². The van der Waals surface area contributed by atoms with Crippen LogP contribution in [0.25, 0.3) is 0 Å². The second-order valence-electron chi connectivity index (χ2n) is 14.6. The molecule has 46 heavy (non-hydrogen) atoms. The summed E-state index contributed by atoms with van der Waals surface area (Å²) in [6, 6.07) is -0.138. The Labute approximate surface area is 281 Å². The van der Waals surface area contributed by atoms with E-state index < -0.39 is 30.5 Å². The van der Waals surface area contributed by atoms with Gasteiger partial charge in [-0.15, -0.1) is 0 Å². The number of nitrogens with one attached hydrogen (secondary N) is 2. The molecule has 2 rings (SSSR count). The van der Waals surface area contributed by atoms with Crippen LogP contribution in [0.15, 0.2) is 0 Å². The first-order valence-electron chi connectivity index (χ1n) is 19.5. The second kappa shape index (κ2) is 24.9. The van der Waals surface area contributed by atoms with Crippen molar-refractivity contribution in [2.75, 3.05) is 13.1 Å². The van der Waals surface area contributed by atoms with Crippen LogP contribution in [0.3, 0.4) is 0 Å². The first kappa shape index (κ1) is 41.0. The van der Waals surface area contributed by atoms with E-state index in [4.69, 9.17) is 9.47 Å².